The zero-order valence-corrected chi connectivity index (χ0v) is 14.8. The molecule has 0 saturated carbocycles. The molecule has 0 amide bonds. The Morgan fingerprint density at radius 2 is 1.62 bits per heavy atom. The van der Waals surface area contributed by atoms with Gasteiger partial charge >= 0.3 is 0 Å². The molecule has 4 nitrogen and oxygen atoms in total. The first-order chi connectivity index (χ1) is 11.7. The fourth-order valence-electron chi connectivity index (χ4n) is 2.05. The number of nitrogens with zero attached hydrogens (tertiary/aromatic N) is 1. The van der Waals surface area contributed by atoms with Crippen molar-refractivity contribution in [1.29, 1.82) is 0 Å². The predicted molar refractivity (Wildman–Crippen MR) is 100 cm³/mol. The third kappa shape index (κ3) is 14.9. The van der Waals surface area contributed by atoms with E-state index in [4.69, 9.17) is 0 Å². The first kappa shape index (κ1) is 22.0. The van der Waals surface area contributed by atoms with Gasteiger partial charge in [-0.25, -0.2) is 0 Å². The summed E-state index contributed by atoms with van der Waals surface area (Å²) >= 11 is 0. The van der Waals surface area contributed by atoms with E-state index in [-0.39, 0.29) is 10.6 Å². The average molecular weight is 332 g/mol. The molecule has 0 spiro atoms. The molecule has 0 bridgehead atoms. The minimum Gasteiger partial charge on any atom is -0.291 e. The topological polar surface area (TPSA) is 60.2 Å². The largest absolute Gasteiger partial charge is 0.291 e. The number of carbonyl (C=O) groups excluding carboxylic acids is 1. The number of hydrogen-bond acceptors (Lipinski definition) is 3. The van der Waals surface area contributed by atoms with E-state index in [1.807, 2.05) is 30.6 Å². The summed E-state index contributed by atoms with van der Waals surface area (Å²) in [5, 5.41) is 11.0. The van der Waals surface area contributed by atoms with Gasteiger partial charge in [0.2, 0.25) is 5.70 Å². The summed E-state index contributed by atoms with van der Waals surface area (Å²) in [5.74, 6) is 0. The predicted octanol–water partition coefficient (Wildman–Crippen LogP) is 5.85. The van der Waals surface area contributed by atoms with E-state index in [2.05, 4.69) is 19.1 Å². The lowest BCUT2D eigenvalue weighted by Gasteiger charge is -1.94. The van der Waals surface area contributed by atoms with Crippen molar-refractivity contribution in [3.05, 3.63) is 58.3 Å². The second kappa shape index (κ2) is 17.4. The fourth-order valence-corrected chi connectivity index (χ4v) is 2.05. The molecule has 0 aromatic carbocycles. The molecule has 0 heterocycles. The number of allylic oxidation sites excluding steroid dienone is 7. The van der Waals surface area contributed by atoms with Crippen molar-refractivity contribution in [3.8, 4) is 0 Å². The molecule has 133 valence electrons. The SMILES string of the molecule is CCCCC/C=C/C/C=C/C/C(=C/C/C=C/CCC[C]=O)[N+](=O)[O-]. The van der Waals surface area contributed by atoms with Crippen LogP contribution >= 0.6 is 0 Å². The van der Waals surface area contributed by atoms with Crippen LogP contribution in [0.3, 0.4) is 0 Å². The van der Waals surface area contributed by atoms with Gasteiger partial charge in [-0.05, 0) is 44.6 Å². The molecule has 0 aromatic rings. The summed E-state index contributed by atoms with van der Waals surface area (Å²) in [6.07, 6.45) is 24.0. The van der Waals surface area contributed by atoms with Gasteiger partial charge in [0.25, 0.3) is 0 Å². The van der Waals surface area contributed by atoms with Gasteiger partial charge in [0, 0.05) is 6.42 Å². The molecule has 0 aromatic heterocycles. The van der Waals surface area contributed by atoms with Crippen LogP contribution in [-0.4, -0.2) is 11.2 Å². The standard InChI is InChI=1S/C20H30NO3/c1-2-3-4-5-6-7-8-11-14-17-20(21(23)24)18-15-12-9-10-13-16-19-22/h6-7,9,11-12,14,18H,2-5,8,10,13,15-17H2,1H3/b7-6+,12-9+,14-11+,20-18-. The van der Waals surface area contributed by atoms with Crippen LogP contribution in [0.4, 0.5) is 0 Å². The highest BCUT2D eigenvalue weighted by atomic mass is 16.6. The summed E-state index contributed by atoms with van der Waals surface area (Å²) in [6.45, 7) is 2.19. The van der Waals surface area contributed by atoms with Gasteiger partial charge in [-0.1, -0.05) is 56.2 Å². The average Bonchev–Trinajstić information content (AvgIpc) is 2.57. The summed E-state index contributed by atoms with van der Waals surface area (Å²) < 4.78 is 0. The summed E-state index contributed by atoms with van der Waals surface area (Å²) in [6, 6.07) is 0. The van der Waals surface area contributed by atoms with Crippen molar-refractivity contribution in [2.75, 3.05) is 0 Å². The zero-order valence-electron chi connectivity index (χ0n) is 14.8. The maximum Gasteiger partial charge on any atom is 0.246 e. The maximum absolute atomic E-state index is 11.0. The molecule has 0 N–H and O–H groups in total. The smallest absolute Gasteiger partial charge is 0.246 e. The molecule has 0 aliphatic rings. The molecule has 0 aliphatic heterocycles. The first-order valence-electron chi connectivity index (χ1n) is 8.85. The van der Waals surface area contributed by atoms with Crippen molar-refractivity contribution in [2.45, 2.75) is 71.1 Å². The Morgan fingerprint density at radius 3 is 2.29 bits per heavy atom. The minimum absolute atomic E-state index is 0.226. The fraction of sp³-hybridized carbons (Fsp3) is 0.550. The zero-order chi connectivity index (χ0) is 17.9. The third-order valence-electron chi connectivity index (χ3n) is 3.45. The monoisotopic (exact) mass is 332 g/mol. The molecule has 0 atom stereocenters. The lowest BCUT2D eigenvalue weighted by atomic mass is 10.2. The van der Waals surface area contributed by atoms with Crippen molar-refractivity contribution in [1.82, 2.24) is 0 Å². The summed E-state index contributed by atoms with van der Waals surface area (Å²) in [4.78, 5) is 20.7. The Labute approximate surface area is 146 Å². The van der Waals surface area contributed by atoms with Crippen molar-refractivity contribution >= 4 is 6.29 Å². The van der Waals surface area contributed by atoms with Gasteiger partial charge in [-0.2, -0.15) is 0 Å². The Bertz CT molecular complexity index is 448. The van der Waals surface area contributed by atoms with Gasteiger partial charge in [-0.15, -0.1) is 0 Å². The molecule has 24 heavy (non-hydrogen) atoms. The molecule has 1 radical (unpaired) electrons. The van der Waals surface area contributed by atoms with E-state index >= 15 is 0 Å². The summed E-state index contributed by atoms with van der Waals surface area (Å²) in [5.41, 5.74) is 0.226. The Kier molecular flexibility index (Phi) is 16.0. The van der Waals surface area contributed by atoms with Crippen LogP contribution in [0.2, 0.25) is 0 Å². The van der Waals surface area contributed by atoms with Gasteiger partial charge in [-0.3, -0.25) is 14.9 Å². The van der Waals surface area contributed by atoms with Gasteiger partial charge in [0.1, 0.15) is 0 Å². The van der Waals surface area contributed by atoms with Crippen molar-refractivity contribution in [2.24, 2.45) is 0 Å². The number of rotatable bonds is 15. The van der Waals surface area contributed by atoms with Crippen LogP contribution in [0.5, 0.6) is 0 Å². The molecule has 0 fully saturated rings. The molecule has 0 unspecified atom stereocenters. The van der Waals surface area contributed by atoms with Crippen LogP contribution in [0, 0.1) is 10.1 Å². The van der Waals surface area contributed by atoms with Crippen LogP contribution in [-0.2, 0) is 4.79 Å². The van der Waals surface area contributed by atoms with Gasteiger partial charge < -0.3 is 0 Å². The second-order valence-electron chi connectivity index (χ2n) is 5.57. The van der Waals surface area contributed by atoms with Crippen molar-refractivity contribution in [3.63, 3.8) is 0 Å². The lowest BCUT2D eigenvalue weighted by Crippen LogP contribution is -1.97. The van der Waals surface area contributed by atoms with E-state index in [9.17, 15) is 14.9 Å². The van der Waals surface area contributed by atoms with Crippen molar-refractivity contribution < 1.29 is 9.72 Å². The molecular weight excluding hydrogens is 302 g/mol. The minimum atomic E-state index is -0.319. The number of hydrogen-bond donors (Lipinski definition) is 0. The Hall–Kier alpha value is -1.97. The number of nitro groups is 1. The highest BCUT2D eigenvalue weighted by Gasteiger charge is 2.06. The van der Waals surface area contributed by atoms with Crippen LogP contribution < -0.4 is 0 Å². The van der Waals surface area contributed by atoms with Crippen LogP contribution in [0.15, 0.2) is 48.2 Å². The molecule has 4 heteroatoms. The molecule has 0 saturated heterocycles. The highest BCUT2D eigenvalue weighted by Crippen LogP contribution is 2.07. The maximum atomic E-state index is 11.0. The van der Waals surface area contributed by atoms with Gasteiger partial charge in [0.15, 0.2) is 6.29 Å². The lowest BCUT2D eigenvalue weighted by molar-refractivity contribution is -0.427. The third-order valence-corrected chi connectivity index (χ3v) is 3.45. The molecule has 0 aliphatic carbocycles. The highest BCUT2D eigenvalue weighted by molar-refractivity contribution is 5.50. The van der Waals surface area contributed by atoms with E-state index in [1.165, 1.54) is 19.3 Å². The number of unbranched alkanes of at least 4 members (excludes halogenated alkanes) is 5. The molecule has 0 rings (SSSR count). The van der Waals surface area contributed by atoms with E-state index in [1.54, 1.807) is 6.08 Å². The van der Waals surface area contributed by atoms with Gasteiger partial charge in [0.05, 0.1) is 11.3 Å². The first-order valence-corrected chi connectivity index (χ1v) is 8.85. The Morgan fingerprint density at radius 1 is 0.958 bits per heavy atom. The van der Waals surface area contributed by atoms with Crippen LogP contribution in [0.1, 0.15) is 71.1 Å². The second-order valence-corrected chi connectivity index (χ2v) is 5.57. The van der Waals surface area contributed by atoms with E-state index < -0.39 is 0 Å². The van der Waals surface area contributed by atoms with E-state index in [0.717, 1.165) is 25.7 Å². The Balaban J connectivity index is 4.02. The molecular formula is C20H30NO3. The van der Waals surface area contributed by atoms with Crippen LogP contribution in [0.25, 0.3) is 0 Å². The summed E-state index contributed by atoms with van der Waals surface area (Å²) in [7, 11) is 0. The quantitative estimate of drug-likeness (QED) is 0.164. The normalized spacial score (nSPS) is 12.6. The van der Waals surface area contributed by atoms with E-state index in [0.29, 0.717) is 19.3 Å².